The van der Waals surface area contributed by atoms with Gasteiger partial charge in [-0.25, -0.2) is 4.98 Å². The third-order valence-electron chi connectivity index (χ3n) is 6.16. The summed E-state index contributed by atoms with van der Waals surface area (Å²) in [4.78, 5) is 11.8. The number of morpholine rings is 1. The van der Waals surface area contributed by atoms with Gasteiger partial charge in [0, 0.05) is 49.4 Å². The highest BCUT2D eigenvalue weighted by molar-refractivity contribution is 7.09. The van der Waals surface area contributed by atoms with E-state index in [1.165, 1.54) is 38.6 Å². The first-order chi connectivity index (χ1) is 13.9. The van der Waals surface area contributed by atoms with Crippen LogP contribution in [0, 0.1) is 5.41 Å². The Morgan fingerprint density at radius 2 is 1.93 bits per heavy atom. The molecule has 6 nitrogen and oxygen atoms in total. The lowest BCUT2D eigenvalue weighted by Gasteiger charge is -2.42. The first-order valence-electron chi connectivity index (χ1n) is 11.1. The molecule has 0 amide bonds. The molecule has 1 aliphatic carbocycles. The predicted molar refractivity (Wildman–Crippen MR) is 122 cm³/mol. The van der Waals surface area contributed by atoms with Gasteiger partial charge >= 0.3 is 0 Å². The van der Waals surface area contributed by atoms with Crippen LogP contribution in [0.4, 0.5) is 0 Å². The number of nitrogens with zero attached hydrogens (tertiary/aromatic N) is 3. The summed E-state index contributed by atoms with van der Waals surface area (Å²) in [5.74, 6) is 0.879. The van der Waals surface area contributed by atoms with Gasteiger partial charge < -0.3 is 15.4 Å². The van der Waals surface area contributed by atoms with Gasteiger partial charge in [0.1, 0.15) is 5.01 Å². The Morgan fingerprint density at radius 1 is 1.21 bits per heavy atom. The van der Waals surface area contributed by atoms with Gasteiger partial charge in [-0.15, -0.1) is 11.3 Å². The quantitative estimate of drug-likeness (QED) is 0.545. The van der Waals surface area contributed by atoms with Crippen LogP contribution >= 0.6 is 11.3 Å². The van der Waals surface area contributed by atoms with Crippen LogP contribution in [0.2, 0.25) is 0 Å². The Hall–Kier alpha value is -1.18. The van der Waals surface area contributed by atoms with Gasteiger partial charge in [0.15, 0.2) is 5.96 Å². The standard InChI is InChI=1S/C22H39N5OS/c1-21(2,3)18-15-29-19(26-18)14-24-20(23-4)25-16-22(8-6-5-7-9-22)17-27-10-12-28-13-11-27/h15H,5-14,16-17H2,1-4H3,(H2,23,24,25). The zero-order valence-corrected chi connectivity index (χ0v) is 19.5. The van der Waals surface area contributed by atoms with E-state index in [1.807, 2.05) is 7.05 Å². The molecule has 0 unspecified atom stereocenters. The summed E-state index contributed by atoms with van der Waals surface area (Å²) in [6.07, 6.45) is 6.66. The fraction of sp³-hybridized carbons (Fsp3) is 0.818. The largest absolute Gasteiger partial charge is 0.379 e. The molecular formula is C22H39N5OS. The molecule has 0 aromatic carbocycles. The van der Waals surface area contributed by atoms with Crippen LogP contribution in [-0.2, 0) is 16.7 Å². The third-order valence-corrected chi connectivity index (χ3v) is 7.01. The highest BCUT2D eigenvalue weighted by atomic mass is 32.1. The number of nitrogens with one attached hydrogen (secondary N) is 2. The second-order valence-corrected chi connectivity index (χ2v) is 10.5. The number of thiazole rings is 1. The minimum Gasteiger partial charge on any atom is -0.379 e. The molecule has 1 aliphatic heterocycles. The van der Waals surface area contributed by atoms with E-state index >= 15 is 0 Å². The van der Waals surface area contributed by atoms with Crippen LogP contribution in [-0.4, -0.2) is 62.3 Å². The lowest BCUT2D eigenvalue weighted by Crippen LogP contribution is -2.51. The van der Waals surface area contributed by atoms with E-state index in [-0.39, 0.29) is 5.41 Å². The van der Waals surface area contributed by atoms with Gasteiger partial charge in [-0.2, -0.15) is 0 Å². The maximum atomic E-state index is 5.54. The minimum absolute atomic E-state index is 0.0987. The summed E-state index contributed by atoms with van der Waals surface area (Å²) in [6, 6.07) is 0. The molecule has 29 heavy (non-hydrogen) atoms. The predicted octanol–water partition coefficient (Wildman–Crippen LogP) is 3.39. The molecule has 1 aromatic heterocycles. The highest BCUT2D eigenvalue weighted by Crippen LogP contribution is 2.36. The fourth-order valence-electron chi connectivity index (χ4n) is 4.31. The number of guanidine groups is 1. The maximum absolute atomic E-state index is 5.54. The molecule has 164 valence electrons. The lowest BCUT2D eigenvalue weighted by atomic mass is 9.73. The Labute approximate surface area is 180 Å². The first kappa shape index (κ1) is 22.5. The molecule has 1 aromatic rings. The lowest BCUT2D eigenvalue weighted by molar-refractivity contribution is 0.00820. The summed E-state index contributed by atoms with van der Waals surface area (Å²) in [5.41, 5.74) is 1.60. The van der Waals surface area contributed by atoms with Crippen LogP contribution < -0.4 is 10.6 Å². The monoisotopic (exact) mass is 421 g/mol. The second-order valence-electron chi connectivity index (χ2n) is 9.60. The zero-order chi connectivity index (χ0) is 20.7. The molecule has 1 saturated carbocycles. The smallest absolute Gasteiger partial charge is 0.191 e. The average Bonchev–Trinajstić information content (AvgIpc) is 3.19. The number of rotatable bonds is 6. The SMILES string of the molecule is CN=C(NCc1nc(C(C)(C)C)cs1)NCC1(CN2CCOCC2)CCCCC1. The third kappa shape index (κ3) is 6.66. The molecule has 2 heterocycles. The van der Waals surface area contributed by atoms with Crippen molar-refractivity contribution in [3.63, 3.8) is 0 Å². The van der Waals surface area contributed by atoms with Gasteiger partial charge in [0.2, 0.25) is 0 Å². The Bertz CT molecular complexity index is 654. The zero-order valence-electron chi connectivity index (χ0n) is 18.7. The Kier molecular flexibility index (Phi) is 7.93. The highest BCUT2D eigenvalue weighted by Gasteiger charge is 2.34. The maximum Gasteiger partial charge on any atom is 0.191 e. The number of aliphatic imine (C=N–C) groups is 1. The van der Waals surface area contributed by atoms with Crippen molar-refractivity contribution < 1.29 is 4.74 Å². The van der Waals surface area contributed by atoms with Gasteiger partial charge in [0.25, 0.3) is 0 Å². The molecule has 0 atom stereocenters. The summed E-state index contributed by atoms with van der Waals surface area (Å²) in [6.45, 7) is 13.4. The van der Waals surface area contributed by atoms with Crippen LogP contribution in [0.5, 0.6) is 0 Å². The summed E-state index contributed by atoms with van der Waals surface area (Å²) in [7, 11) is 1.85. The van der Waals surface area contributed by atoms with Crippen molar-refractivity contribution in [1.82, 2.24) is 20.5 Å². The van der Waals surface area contributed by atoms with E-state index < -0.39 is 0 Å². The van der Waals surface area contributed by atoms with Crippen molar-refractivity contribution in [3.05, 3.63) is 16.1 Å². The van der Waals surface area contributed by atoms with Crippen LogP contribution in [0.25, 0.3) is 0 Å². The molecule has 2 aliphatic rings. The molecule has 0 bridgehead atoms. The number of hydrogen-bond donors (Lipinski definition) is 2. The fourth-order valence-corrected chi connectivity index (χ4v) is 5.27. The minimum atomic E-state index is 0.0987. The molecule has 7 heteroatoms. The topological polar surface area (TPSA) is 61.8 Å². The molecule has 0 spiro atoms. The molecule has 2 N–H and O–H groups in total. The average molecular weight is 422 g/mol. The van der Waals surface area contributed by atoms with Crippen molar-refractivity contribution in [2.75, 3.05) is 46.4 Å². The van der Waals surface area contributed by atoms with Gasteiger partial charge in [-0.05, 0) is 12.8 Å². The summed E-state index contributed by atoms with van der Waals surface area (Å²) in [5, 5.41) is 10.4. The molecule has 1 saturated heterocycles. The van der Waals surface area contributed by atoms with Crippen molar-refractivity contribution >= 4 is 17.3 Å². The van der Waals surface area contributed by atoms with E-state index in [0.717, 1.165) is 56.1 Å². The van der Waals surface area contributed by atoms with Crippen molar-refractivity contribution in [3.8, 4) is 0 Å². The van der Waals surface area contributed by atoms with Gasteiger partial charge in [0.05, 0.1) is 25.5 Å². The molecule has 2 fully saturated rings. The van der Waals surface area contributed by atoms with Crippen LogP contribution in [0.1, 0.15) is 63.6 Å². The van der Waals surface area contributed by atoms with E-state index in [0.29, 0.717) is 5.41 Å². The van der Waals surface area contributed by atoms with Crippen LogP contribution in [0.15, 0.2) is 10.4 Å². The number of ether oxygens (including phenoxy) is 1. The van der Waals surface area contributed by atoms with E-state index in [2.05, 4.69) is 46.7 Å². The Balaban J connectivity index is 1.53. The summed E-state index contributed by atoms with van der Waals surface area (Å²) < 4.78 is 5.54. The van der Waals surface area contributed by atoms with E-state index in [9.17, 15) is 0 Å². The van der Waals surface area contributed by atoms with Crippen molar-refractivity contribution in [1.29, 1.82) is 0 Å². The molecule has 3 rings (SSSR count). The number of hydrogen-bond acceptors (Lipinski definition) is 5. The number of aromatic nitrogens is 1. The van der Waals surface area contributed by atoms with Crippen LogP contribution in [0.3, 0.4) is 0 Å². The van der Waals surface area contributed by atoms with E-state index in [4.69, 9.17) is 9.72 Å². The summed E-state index contributed by atoms with van der Waals surface area (Å²) >= 11 is 1.72. The van der Waals surface area contributed by atoms with Gasteiger partial charge in [-0.3, -0.25) is 9.89 Å². The second kappa shape index (κ2) is 10.2. The van der Waals surface area contributed by atoms with Crippen molar-refractivity contribution in [2.24, 2.45) is 10.4 Å². The Morgan fingerprint density at radius 3 is 2.55 bits per heavy atom. The molecule has 0 radical (unpaired) electrons. The normalized spacial score (nSPS) is 21.2. The van der Waals surface area contributed by atoms with E-state index in [1.54, 1.807) is 11.3 Å². The van der Waals surface area contributed by atoms with Crippen molar-refractivity contribution in [2.45, 2.75) is 64.8 Å². The molecular weight excluding hydrogens is 382 g/mol. The first-order valence-corrected chi connectivity index (χ1v) is 12.0. The van der Waals surface area contributed by atoms with Gasteiger partial charge in [-0.1, -0.05) is 40.0 Å².